The molecule has 0 aliphatic carbocycles. The van der Waals surface area contributed by atoms with Gasteiger partial charge >= 0.3 is 6.03 Å². The number of anilines is 1. The lowest BCUT2D eigenvalue weighted by atomic mass is 10.0. The Morgan fingerprint density at radius 2 is 2.43 bits per heavy atom. The van der Waals surface area contributed by atoms with Crippen LogP contribution in [0.5, 0.6) is 11.5 Å². The summed E-state index contributed by atoms with van der Waals surface area (Å²) in [4.78, 5) is 11.8. The molecular formula is C13H14N4O3S. The van der Waals surface area contributed by atoms with E-state index in [9.17, 15) is 4.79 Å². The van der Waals surface area contributed by atoms with Crippen molar-refractivity contribution < 1.29 is 14.3 Å². The van der Waals surface area contributed by atoms with Gasteiger partial charge < -0.3 is 14.8 Å². The third-order valence-corrected chi connectivity index (χ3v) is 3.69. The van der Waals surface area contributed by atoms with E-state index in [4.69, 9.17) is 9.47 Å². The highest BCUT2D eigenvalue weighted by molar-refractivity contribution is 7.10. The highest BCUT2D eigenvalue weighted by atomic mass is 32.1. The molecule has 1 aromatic heterocycles. The van der Waals surface area contributed by atoms with Crippen molar-refractivity contribution in [3.05, 3.63) is 30.0 Å². The molecule has 0 fully saturated rings. The van der Waals surface area contributed by atoms with Crippen LogP contribution in [0.1, 0.15) is 5.56 Å². The van der Waals surface area contributed by atoms with Crippen LogP contribution >= 0.6 is 11.5 Å². The maximum absolute atomic E-state index is 11.8. The molecule has 1 aliphatic rings. The number of urea groups is 1. The van der Waals surface area contributed by atoms with E-state index in [-0.39, 0.29) is 12.1 Å². The molecule has 0 radical (unpaired) electrons. The average Bonchev–Trinajstić information content (AvgIpc) is 2.99. The van der Waals surface area contributed by atoms with Crippen molar-refractivity contribution in [2.45, 2.75) is 12.5 Å². The topological polar surface area (TPSA) is 85.4 Å². The van der Waals surface area contributed by atoms with Crippen molar-refractivity contribution in [3.63, 3.8) is 0 Å². The number of hydrogen-bond donors (Lipinski definition) is 2. The Kier molecular flexibility index (Phi) is 3.87. The number of rotatable bonds is 3. The first-order valence-corrected chi connectivity index (χ1v) is 7.16. The van der Waals surface area contributed by atoms with E-state index in [0.717, 1.165) is 28.6 Å². The summed E-state index contributed by atoms with van der Waals surface area (Å²) in [5, 5.41) is 9.81. The molecule has 1 aliphatic heterocycles. The SMILES string of the molecule is COc1ccc2c(c1)OCC(NC(=O)Nc1cnns1)C2. The van der Waals surface area contributed by atoms with E-state index in [1.54, 1.807) is 7.11 Å². The summed E-state index contributed by atoms with van der Waals surface area (Å²) in [5.74, 6) is 1.56. The quantitative estimate of drug-likeness (QED) is 0.901. The van der Waals surface area contributed by atoms with Gasteiger partial charge in [0.15, 0.2) is 0 Å². The van der Waals surface area contributed by atoms with Crippen LogP contribution in [0.15, 0.2) is 24.4 Å². The Morgan fingerprint density at radius 1 is 1.52 bits per heavy atom. The zero-order valence-electron chi connectivity index (χ0n) is 11.3. The number of carbonyl (C=O) groups excluding carboxylic acids is 1. The number of fused-ring (bicyclic) bond motifs is 1. The first-order valence-electron chi connectivity index (χ1n) is 6.39. The molecule has 3 rings (SSSR count). The van der Waals surface area contributed by atoms with Gasteiger partial charge in [-0.15, -0.1) is 5.10 Å². The van der Waals surface area contributed by atoms with Gasteiger partial charge in [0.05, 0.1) is 19.3 Å². The smallest absolute Gasteiger partial charge is 0.320 e. The van der Waals surface area contributed by atoms with E-state index < -0.39 is 0 Å². The van der Waals surface area contributed by atoms with Crippen LogP contribution in [-0.4, -0.2) is 35.4 Å². The van der Waals surface area contributed by atoms with Gasteiger partial charge in [-0.25, -0.2) is 4.79 Å². The molecule has 8 heteroatoms. The summed E-state index contributed by atoms with van der Waals surface area (Å²) in [5.41, 5.74) is 1.05. The second-order valence-electron chi connectivity index (χ2n) is 4.57. The van der Waals surface area contributed by atoms with Crippen LogP contribution in [0, 0.1) is 0 Å². The molecule has 2 N–H and O–H groups in total. The predicted molar refractivity (Wildman–Crippen MR) is 78.0 cm³/mol. The van der Waals surface area contributed by atoms with Crippen LogP contribution in [0.2, 0.25) is 0 Å². The Morgan fingerprint density at radius 3 is 3.19 bits per heavy atom. The van der Waals surface area contributed by atoms with E-state index in [2.05, 4.69) is 20.2 Å². The van der Waals surface area contributed by atoms with Gasteiger partial charge in [0.25, 0.3) is 0 Å². The zero-order chi connectivity index (χ0) is 14.7. The zero-order valence-corrected chi connectivity index (χ0v) is 12.1. The van der Waals surface area contributed by atoms with Gasteiger partial charge in [-0.05, 0) is 18.1 Å². The highest BCUT2D eigenvalue weighted by Crippen LogP contribution is 2.29. The molecule has 1 aromatic carbocycles. The average molecular weight is 306 g/mol. The van der Waals surface area contributed by atoms with Gasteiger partial charge in [0.2, 0.25) is 0 Å². The lowest BCUT2D eigenvalue weighted by Crippen LogP contribution is -2.44. The predicted octanol–water partition coefficient (Wildman–Crippen LogP) is 1.67. The molecule has 0 saturated heterocycles. The molecule has 0 spiro atoms. The standard InChI is InChI=1S/C13H14N4O3S/c1-19-10-3-2-8-4-9(7-20-11(8)5-10)15-13(18)16-12-6-14-17-21-12/h2-3,5-6,9H,4,7H2,1H3,(H2,15,16,18). The summed E-state index contributed by atoms with van der Waals surface area (Å²) in [6.07, 6.45) is 2.22. The molecule has 21 heavy (non-hydrogen) atoms. The van der Waals surface area contributed by atoms with E-state index in [1.807, 2.05) is 18.2 Å². The largest absolute Gasteiger partial charge is 0.497 e. The normalized spacial score (nSPS) is 16.5. The Bertz CT molecular complexity index is 632. The minimum atomic E-state index is -0.286. The minimum absolute atomic E-state index is 0.0771. The van der Waals surface area contributed by atoms with Crippen LogP contribution in [0.25, 0.3) is 0 Å². The molecule has 7 nitrogen and oxygen atoms in total. The van der Waals surface area contributed by atoms with Gasteiger partial charge in [0.1, 0.15) is 23.1 Å². The molecule has 1 unspecified atom stereocenters. The molecule has 0 saturated carbocycles. The van der Waals surface area contributed by atoms with Crippen molar-refractivity contribution >= 4 is 22.6 Å². The van der Waals surface area contributed by atoms with Gasteiger partial charge in [0, 0.05) is 17.6 Å². The van der Waals surface area contributed by atoms with Gasteiger partial charge in [-0.3, -0.25) is 5.32 Å². The first kappa shape index (κ1) is 13.6. The van der Waals surface area contributed by atoms with Gasteiger partial charge in [-0.1, -0.05) is 10.6 Å². The molecule has 2 heterocycles. The van der Waals surface area contributed by atoms with E-state index in [0.29, 0.717) is 18.0 Å². The number of carbonyl (C=O) groups is 1. The van der Waals surface area contributed by atoms with Crippen LogP contribution in [0.3, 0.4) is 0 Å². The maximum Gasteiger partial charge on any atom is 0.320 e. The van der Waals surface area contributed by atoms with Crippen molar-refractivity contribution in [3.8, 4) is 11.5 Å². The second-order valence-corrected chi connectivity index (χ2v) is 5.35. The second kappa shape index (κ2) is 5.96. The maximum atomic E-state index is 11.8. The van der Waals surface area contributed by atoms with E-state index >= 15 is 0 Å². The van der Waals surface area contributed by atoms with Crippen LogP contribution < -0.4 is 20.1 Å². The first-order chi connectivity index (χ1) is 10.2. The third-order valence-electron chi connectivity index (χ3n) is 3.11. The number of ether oxygens (including phenoxy) is 2. The Balaban J connectivity index is 1.60. The number of benzene rings is 1. The number of amides is 2. The van der Waals surface area contributed by atoms with Crippen LogP contribution in [0.4, 0.5) is 9.80 Å². The molecule has 1 atom stereocenters. The monoisotopic (exact) mass is 306 g/mol. The fourth-order valence-electron chi connectivity index (χ4n) is 2.13. The lowest BCUT2D eigenvalue weighted by molar-refractivity contribution is 0.222. The summed E-state index contributed by atoms with van der Waals surface area (Å²) >= 11 is 1.13. The van der Waals surface area contributed by atoms with Crippen molar-refractivity contribution in [2.24, 2.45) is 0 Å². The minimum Gasteiger partial charge on any atom is -0.497 e. The van der Waals surface area contributed by atoms with Gasteiger partial charge in [-0.2, -0.15) is 0 Å². The summed E-state index contributed by atoms with van der Waals surface area (Å²) in [6, 6.07) is 5.33. The number of nitrogens with zero attached hydrogens (tertiary/aromatic N) is 2. The number of aromatic nitrogens is 2. The number of methoxy groups -OCH3 is 1. The lowest BCUT2D eigenvalue weighted by Gasteiger charge is -2.26. The highest BCUT2D eigenvalue weighted by Gasteiger charge is 2.22. The molecule has 110 valence electrons. The third kappa shape index (κ3) is 3.22. The van der Waals surface area contributed by atoms with E-state index in [1.165, 1.54) is 6.20 Å². The van der Waals surface area contributed by atoms with Crippen molar-refractivity contribution in [2.75, 3.05) is 19.0 Å². The Hall–Kier alpha value is -2.35. The van der Waals surface area contributed by atoms with Crippen molar-refractivity contribution in [1.82, 2.24) is 14.9 Å². The number of nitrogens with one attached hydrogen (secondary N) is 2. The molecule has 0 bridgehead atoms. The molecule has 2 aromatic rings. The fourth-order valence-corrected chi connectivity index (χ4v) is 2.54. The number of hydrogen-bond acceptors (Lipinski definition) is 6. The van der Waals surface area contributed by atoms with Crippen molar-refractivity contribution in [1.29, 1.82) is 0 Å². The Labute approximate surface area is 125 Å². The summed E-state index contributed by atoms with van der Waals surface area (Å²) in [7, 11) is 1.62. The summed E-state index contributed by atoms with van der Waals surface area (Å²) < 4.78 is 14.5. The fraction of sp³-hybridized carbons (Fsp3) is 0.308. The molecular weight excluding hydrogens is 292 g/mol. The van der Waals surface area contributed by atoms with Crippen LogP contribution in [-0.2, 0) is 6.42 Å². The summed E-state index contributed by atoms with van der Waals surface area (Å²) in [6.45, 7) is 0.425. The molecule has 2 amide bonds.